The van der Waals surface area contributed by atoms with E-state index in [4.69, 9.17) is 15.0 Å². The fraction of sp³-hybridized carbons (Fsp3) is 0.588. The zero-order valence-electron chi connectivity index (χ0n) is 14.2. The van der Waals surface area contributed by atoms with Crippen LogP contribution in [-0.2, 0) is 20.9 Å². The lowest BCUT2D eigenvalue weighted by Gasteiger charge is -2.30. The highest BCUT2D eigenvalue weighted by Crippen LogP contribution is 2.31. The van der Waals surface area contributed by atoms with Gasteiger partial charge in [-0.25, -0.2) is 0 Å². The maximum atomic E-state index is 12.2. The number of carbonyl (C=O) groups is 1. The Balaban J connectivity index is 2.05. The Morgan fingerprint density at radius 3 is 2.88 bits per heavy atom. The molecule has 2 atom stereocenters. The molecule has 0 bridgehead atoms. The van der Waals surface area contributed by atoms with E-state index in [2.05, 4.69) is 14.9 Å². The molecule has 1 aromatic carbocycles. The molecule has 2 rings (SSSR count). The molecule has 1 aliphatic rings. The van der Waals surface area contributed by atoms with Crippen molar-refractivity contribution in [3.63, 3.8) is 0 Å². The minimum Gasteiger partial charge on any atom is -0.468 e. The van der Waals surface area contributed by atoms with Gasteiger partial charge in [-0.3, -0.25) is 4.79 Å². The van der Waals surface area contributed by atoms with E-state index in [1.54, 1.807) is 0 Å². The van der Waals surface area contributed by atoms with Gasteiger partial charge in [0.25, 0.3) is 0 Å². The first-order valence-corrected chi connectivity index (χ1v) is 8.08. The molecule has 0 spiro atoms. The third-order valence-electron chi connectivity index (χ3n) is 4.52. The van der Waals surface area contributed by atoms with Gasteiger partial charge in [0.1, 0.15) is 5.54 Å². The Morgan fingerprint density at radius 2 is 2.21 bits per heavy atom. The second kappa shape index (κ2) is 8.68. The number of esters is 1. The first-order valence-electron chi connectivity index (χ1n) is 8.08. The van der Waals surface area contributed by atoms with Gasteiger partial charge in [0.15, 0.2) is 0 Å². The minimum atomic E-state index is -1.14. The molecule has 1 aliphatic heterocycles. The standard InChI is InChI=1S/C17H24N4O3/c1-21-10-6-9-17(19-20-18,16(22)23-2)11-15(21)13-24-12-14-7-4-3-5-8-14/h3-5,7-8,15H,6,9-13H2,1-2H3/t15-,17-/m0/s1. The van der Waals surface area contributed by atoms with E-state index in [-0.39, 0.29) is 6.04 Å². The summed E-state index contributed by atoms with van der Waals surface area (Å²) >= 11 is 0. The molecule has 7 heteroatoms. The maximum absolute atomic E-state index is 12.2. The lowest BCUT2D eigenvalue weighted by atomic mass is 9.88. The Hall–Kier alpha value is -2.08. The van der Waals surface area contributed by atoms with E-state index in [1.165, 1.54) is 7.11 Å². The van der Waals surface area contributed by atoms with E-state index in [9.17, 15) is 4.79 Å². The number of likely N-dealkylation sites (tertiary alicyclic amines) is 1. The second-order valence-electron chi connectivity index (χ2n) is 6.16. The van der Waals surface area contributed by atoms with Crippen molar-refractivity contribution in [3.05, 3.63) is 46.3 Å². The summed E-state index contributed by atoms with van der Waals surface area (Å²) in [5, 5.41) is 3.82. The van der Waals surface area contributed by atoms with Crippen LogP contribution in [0.2, 0.25) is 0 Å². The number of carbonyl (C=O) groups excluding carboxylic acids is 1. The van der Waals surface area contributed by atoms with Gasteiger partial charge in [-0.15, -0.1) is 0 Å². The van der Waals surface area contributed by atoms with Crippen molar-refractivity contribution < 1.29 is 14.3 Å². The average Bonchev–Trinajstić information content (AvgIpc) is 2.75. The number of hydrogen-bond donors (Lipinski definition) is 0. The van der Waals surface area contributed by atoms with Gasteiger partial charge in [-0.1, -0.05) is 35.4 Å². The molecule has 0 N–H and O–H groups in total. The summed E-state index contributed by atoms with van der Waals surface area (Å²) in [7, 11) is 3.33. The molecule has 1 aromatic rings. The van der Waals surface area contributed by atoms with Crippen LogP contribution in [-0.4, -0.2) is 49.8 Å². The molecule has 24 heavy (non-hydrogen) atoms. The summed E-state index contributed by atoms with van der Waals surface area (Å²) in [5.74, 6) is -0.469. The maximum Gasteiger partial charge on any atom is 0.317 e. The van der Waals surface area contributed by atoms with Crippen LogP contribution in [0, 0.1) is 0 Å². The number of azide groups is 1. The number of rotatable bonds is 6. The first kappa shape index (κ1) is 18.3. The Labute approximate surface area is 142 Å². The highest BCUT2D eigenvalue weighted by molar-refractivity contribution is 5.81. The van der Waals surface area contributed by atoms with Gasteiger partial charge in [0.05, 0.1) is 20.3 Å². The van der Waals surface area contributed by atoms with Crippen LogP contribution in [0.25, 0.3) is 10.4 Å². The third-order valence-corrected chi connectivity index (χ3v) is 4.52. The summed E-state index contributed by atoms with van der Waals surface area (Å²) < 4.78 is 10.7. The Kier molecular flexibility index (Phi) is 6.61. The summed E-state index contributed by atoms with van der Waals surface area (Å²) in [6.07, 6.45) is 1.65. The highest BCUT2D eigenvalue weighted by Gasteiger charge is 2.43. The SMILES string of the molecule is COC(=O)[C@]1(N=[N+]=[N-])CCCN(C)[C@H](COCc2ccccc2)C1. The normalized spacial score (nSPS) is 24.7. The zero-order chi connectivity index (χ0) is 17.4. The van der Waals surface area contributed by atoms with Gasteiger partial charge in [0, 0.05) is 11.0 Å². The number of ether oxygens (including phenoxy) is 2. The number of hydrogen-bond acceptors (Lipinski definition) is 5. The second-order valence-corrected chi connectivity index (χ2v) is 6.16. The van der Waals surface area contributed by atoms with Gasteiger partial charge in [-0.05, 0) is 43.9 Å². The minimum absolute atomic E-state index is 0.0131. The summed E-state index contributed by atoms with van der Waals surface area (Å²) in [6, 6.07) is 9.92. The van der Waals surface area contributed by atoms with Crippen molar-refractivity contribution in [2.45, 2.75) is 37.5 Å². The molecule has 1 saturated heterocycles. The molecule has 0 unspecified atom stereocenters. The van der Waals surface area contributed by atoms with Gasteiger partial charge in [-0.2, -0.15) is 0 Å². The van der Waals surface area contributed by atoms with Crippen molar-refractivity contribution >= 4 is 5.97 Å². The quantitative estimate of drug-likeness (QED) is 0.347. The fourth-order valence-corrected chi connectivity index (χ4v) is 3.12. The zero-order valence-corrected chi connectivity index (χ0v) is 14.2. The molecule has 1 heterocycles. The van der Waals surface area contributed by atoms with Crippen molar-refractivity contribution in [2.24, 2.45) is 5.11 Å². The smallest absolute Gasteiger partial charge is 0.317 e. The molecule has 7 nitrogen and oxygen atoms in total. The molecule has 130 valence electrons. The number of benzene rings is 1. The van der Waals surface area contributed by atoms with E-state index in [0.29, 0.717) is 26.1 Å². The van der Waals surface area contributed by atoms with E-state index in [1.807, 2.05) is 37.4 Å². The van der Waals surface area contributed by atoms with Crippen LogP contribution < -0.4 is 0 Å². The molecule has 0 saturated carbocycles. The molecule has 0 aliphatic carbocycles. The molecular weight excluding hydrogens is 308 g/mol. The summed E-state index contributed by atoms with van der Waals surface area (Å²) in [4.78, 5) is 17.3. The number of methoxy groups -OCH3 is 1. The molecular formula is C17H24N4O3. The lowest BCUT2D eigenvalue weighted by Crippen LogP contribution is -2.44. The average molecular weight is 332 g/mol. The van der Waals surface area contributed by atoms with Crippen molar-refractivity contribution in [2.75, 3.05) is 27.3 Å². The van der Waals surface area contributed by atoms with Crippen LogP contribution in [0.5, 0.6) is 0 Å². The van der Waals surface area contributed by atoms with Crippen molar-refractivity contribution in [3.8, 4) is 0 Å². The predicted octanol–water partition coefficient (Wildman–Crippen LogP) is 2.91. The molecule has 1 fully saturated rings. The van der Waals surface area contributed by atoms with E-state index in [0.717, 1.165) is 18.5 Å². The highest BCUT2D eigenvalue weighted by atomic mass is 16.5. The lowest BCUT2D eigenvalue weighted by molar-refractivity contribution is -0.148. The Morgan fingerprint density at radius 1 is 1.46 bits per heavy atom. The molecule has 0 aromatic heterocycles. The summed E-state index contributed by atoms with van der Waals surface area (Å²) in [5.41, 5.74) is 8.86. The first-order chi connectivity index (χ1) is 11.6. The molecule has 0 amide bonds. The van der Waals surface area contributed by atoms with Crippen molar-refractivity contribution in [1.82, 2.24) is 4.90 Å². The van der Waals surface area contributed by atoms with Crippen molar-refractivity contribution in [1.29, 1.82) is 0 Å². The van der Waals surface area contributed by atoms with Gasteiger partial charge in [0.2, 0.25) is 0 Å². The van der Waals surface area contributed by atoms with E-state index >= 15 is 0 Å². The third kappa shape index (κ3) is 4.47. The van der Waals surface area contributed by atoms with Gasteiger partial charge >= 0.3 is 5.97 Å². The largest absolute Gasteiger partial charge is 0.468 e. The van der Waals surface area contributed by atoms with E-state index < -0.39 is 11.5 Å². The predicted molar refractivity (Wildman–Crippen MR) is 90.3 cm³/mol. The van der Waals surface area contributed by atoms with Crippen LogP contribution in [0.3, 0.4) is 0 Å². The topological polar surface area (TPSA) is 87.5 Å². The fourth-order valence-electron chi connectivity index (χ4n) is 3.12. The van der Waals surface area contributed by atoms with Crippen LogP contribution in [0.1, 0.15) is 24.8 Å². The number of nitrogens with zero attached hydrogens (tertiary/aromatic N) is 4. The summed E-state index contributed by atoms with van der Waals surface area (Å²) in [6.45, 7) is 1.79. The Bertz CT molecular complexity index is 589. The van der Waals surface area contributed by atoms with Gasteiger partial charge < -0.3 is 14.4 Å². The van der Waals surface area contributed by atoms with Crippen LogP contribution in [0.4, 0.5) is 0 Å². The van der Waals surface area contributed by atoms with Crippen LogP contribution in [0.15, 0.2) is 35.4 Å². The molecule has 0 radical (unpaired) electrons. The number of likely N-dealkylation sites (N-methyl/N-ethyl adjacent to an activating group) is 1. The van der Waals surface area contributed by atoms with Crippen LogP contribution >= 0.6 is 0 Å². The monoisotopic (exact) mass is 332 g/mol.